The number of aryl methyl sites for hydroxylation is 2. The molecule has 0 aliphatic carbocycles. The van der Waals surface area contributed by atoms with Crippen LogP contribution in [0.2, 0.25) is 5.02 Å². The van der Waals surface area contributed by atoms with Gasteiger partial charge in [0.25, 0.3) is 0 Å². The summed E-state index contributed by atoms with van der Waals surface area (Å²) in [4.78, 5) is 0. The predicted molar refractivity (Wildman–Crippen MR) is 69.6 cm³/mol. The summed E-state index contributed by atoms with van der Waals surface area (Å²) in [6, 6.07) is 5.10. The molecule has 4 nitrogen and oxygen atoms in total. The minimum atomic E-state index is 0.203. The van der Waals surface area contributed by atoms with E-state index >= 15 is 0 Å². The molecule has 0 aliphatic rings. The molecule has 0 aliphatic heterocycles. The Labute approximate surface area is 111 Å². The first-order valence-corrected chi connectivity index (χ1v) is 6.06. The Morgan fingerprint density at radius 3 is 2.61 bits per heavy atom. The Kier molecular flexibility index (Phi) is 3.89. The lowest BCUT2D eigenvalue weighted by molar-refractivity contribution is 0.392. The Hall–Kier alpha value is -1.52. The molecule has 0 amide bonds. The number of benzene rings is 1. The van der Waals surface area contributed by atoms with Crippen LogP contribution in [0.15, 0.2) is 22.7 Å². The Bertz CT molecular complexity index is 512. The van der Waals surface area contributed by atoms with Crippen molar-refractivity contribution < 1.29 is 9.63 Å². The maximum atomic E-state index is 9.70. The van der Waals surface area contributed by atoms with Crippen molar-refractivity contribution in [2.24, 2.45) is 0 Å². The molecule has 2 rings (SSSR count). The van der Waals surface area contributed by atoms with Gasteiger partial charge in [-0.05, 0) is 26.0 Å². The van der Waals surface area contributed by atoms with Crippen molar-refractivity contribution in [2.75, 3.05) is 0 Å². The van der Waals surface area contributed by atoms with E-state index in [0.717, 1.165) is 17.0 Å². The van der Waals surface area contributed by atoms with Crippen molar-refractivity contribution in [3.63, 3.8) is 0 Å². The third-order valence-electron chi connectivity index (χ3n) is 2.88. The van der Waals surface area contributed by atoms with Gasteiger partial charge < -0.3 is 14.9 Å². The summed E-state index contributed by atoms with van der Waals surface area (Å²) in [5.74, 6) is 1.01. The summed E-state index contributed by atoms with van der Waals surface area (Å²) in [5.41, 5.74) is 2.62. The number of halogens is 1. The van der Waals surface area contributed by atoms with E-state index in [0.29, 0.717) is 23.7 Å². The number of aromatic nitrogens is 1. The van der Waals surface area contributed by atoms with E-state index in [-0.39, 0.29) is 5.75 Å². The molecule has 5 heteroatoms. The summed E-state index contributed by atoms with van der Waals surface area (Å²) in [6.07, 6.45) is 0. The van der Waals surface area contributed by atoms with E-state index in [1.165, 1.54) is 0 Å². The second kappa shape index (κ2) is 5.42. The fraction of sp³-hybridized carbons (Fsp3) is 0.308. The minimum absolute atomic E-state index is 0.203. The smallest absolute Gasteiger partial charge is 0.138 e. The van der Waals surface area contributed by atoms with Crippen molar-refractivity contribution in [2.45, 2.75) is 26.9 Å². The second-order valence-corrected chi connectivity index (χ2v) is 4.55. The van der Waals surface area contributed by atoms with Gasteiger partial charge in [0, 0.05) is 29.2 Å². The molecule has 1 heterocycles. The van der Waals surface area contributed by atoms with Gasteiger partial charge in [-0.15, -0.1) is 0 Å². The number of nitrogens with zero attached hydrogens (tertiary/aromatic N) is 1. The van der Waals surface area contributed by atoms with Gasteiger partial charge in [-0.2, -0.15) is 0 Å². The van der Waals surface area contributed by atoms with E-state index in [1.807, 2.05) is 13.8 Å². The van der Waals surface area contributed by atoms with E-state index in [1.54, 1.807) is 18.2 Å². The normalized spacial score (nSPS) is 10.8. The number of phenolic OH excluding ortho intramolecular Hbond substituents is 1. The van der Waals surface area contributed by atoms with Crippen LogP contribution in [-0.4, -0.2) is 10.3 Å². The van der Waals surface area contributed by atoms with Crippen LogP contribution in [0.25, 0.3) is 0 Å². The first-order valence-electron chi connectivity index (χ1n) is 5.68. The molecule has 1 aromatic carbocycles. The number of rotatable bonds is 4. The van der Waals surface area contributed by atoms with Crippen LogP contribution < -0.4 is 5.32 Å². The molecule has 0 bridgehead atoms. The third-order valence-corrected chi connectivity index (χ3v) is 3.23. The maximum absolute atomic E-state index is 9.70. The van der Waals surface area contributed by atoms with Crippen molar-refractivity contribution >= 4 is 11.6 Å². The molecule has 1 aromatic heterocycles. The summed E-state index contributed by atoms with van der Waals surface area (Å²) >= 11 is 6.02. The summed E-state index contributed by atoms with van der Waals surface area (Å²) in [6.45, 7) is 4.91. The highest BCUT2D eigenvalue weighted by Gasteiger charge is 2.10. The molecule has 0 fully saturated rings. The molecule has 0 saturated carbocycles. The topological polar surface area (TPSA) is 58.3 Å². The predicted octanol–water partition coefficient (Wildman–Crippen LogP) is 2.94. The standard InChI is InChI=1S/C13H15ClN2O2/c1-8-10(9(2)18-16-8)6-15-7-11-12(14)4-3-5-13(11)17/h3-5,15,17H,6-7H2,1-2H3. The number of hydrogen-bond donors (Lipinski definition) is 2. The van der Waals surface area contributed by atoms with Gasteiger partial charge in [-0.3, -0.25) is 0 Å². The van der Waals surface area contributed by atoms with Crippen LogP contribution in [0.5, 0.6) is 5.75 Å². The van der Waals surface area contributed by atoms with Gasteiger partial charge in [0.15, 0.2) is 0 Å². The van der Waals surface area contributed by atoms with Crippen LogP contribution in [0.1, 0.15) is 22.6 Å². The van der Waals surface area contributed by atoms with Crippen LogP contribution in [-0.2, 0) is 13.1 Å². The van der Waals surface area contributed by atoms with Gasteiger partial charge in [-0.1, -0.05) is 22.8 Å². The number of phenols is 1. The summed E-state index contributed by atoms with van der Waals surface area (Å²) in [5, 5.41) is 17.4. The lowest BCUT2D eigenvalue weighted by atomic mass is 10.1. The Balaban J connectivity index is 2.01. The summed E-state index contributed by atoms with van der Waals surface area (Å²) in [7, 11) is 0. The molecule has 2 N–H and O–H groups in total. The lowest BCUT2D eigenvalue weighted by Crippen LogP contribution is -2.14. The molecule has 2 aromatic rings. The van der Waals surface area contributed by atoms with E-state index in [9.17, 15) is 5.11 Å². The molecular formula is C13H15ClN2O2. The van der Waals surface area contributed by atoms with Gasteiger partial charge in [0.1, 0.15) is 11.5 Å². The lowest BCUT2D eigenvalue weighted by Gasteiger charge is -2.08. The average molecular weight is 267 g/mol. The van der Waals surface area contributed by atoms with Crippen LogP contribution in [0.4, 0.5) is 0 Å². The van der Waals surface area contributed by atoms with Crippen molar-refractivity contribution in [1.82, 2.24) is 10.5 Å². The zero-order valence-corrected chi connectivity index (χ0v) is 11.1. The molecule has 0 atom stereocenters. The molecule has 0 saturated heterocycles. The van der Waals surface area contributed by atoms with Crippen LogP contribution in [0, 0.1) is 13.8 Å². The zero-order chi connectivity index (χ0) is 13.1. The fourth-order valence-electron chi connectivity index (χ4n) is 1.79. The number of hydrogen-bond acceptors (Lipinski definition) is 4. The van der Waals surface area contributed by atoms with Crippen molar-refractivity contribution in [3.8, 4) is 5.75 Å². The highest BCUT2D eigenvalue weighted by atomic mass is 35.5. The van der Waals surface area contributed by atoms with E-state index in [4.69, 9.17) is 16.1 Å². The van der Waals surface area contributed by atoms with Gasteiger partial charge in [-0.25, -0.2) is 0 Å². The maximum Gasteiger partial charge on any atom is 0.138 e. The SMILES string of the molecule is Cc1noc(C)c1CNCc1c(O)cccc1Cl. The molecule has 96 valence electrons. The molecule has 0 radical (unpaired) electrons. The van der Waals surface area contributed by atoms with Crippen molar-refractivity contribution in [3.05, 3.63) is 45.8 Å². The highest BCUT2D eigenvalue weighted by Crippen LogP contribution is 2.25. The molecule has 0 unspecified atom stereocenters. The quantitative estimate of drug-likeness (QED) is 0.893. The Morgan fingerprint density at radius 2 is 2.00 bits per heavy atom. The first kappa shape index (κ1) is 12.9. The largest absolute Gasteiger partial charge is 0.508 e. The second-order valence-electron chi connectivity index (χ2n) is 4.14. The van der Waals surface area contributed by atoms with Gasteiger partial charge in [0.05, 0.1) is 5.69 Å². The van der Waals surface area contributed by atoms with E-state index < -0.39 is 0 Å². The zero-order valence-electron chi connectivity index (χ0n) is 10.3. The molecule has 0 spiro atoms. The van der Waals surface area contributed by atoms with E-state index in [2.05, 4.69) is 10.5 Å². The number of aromatic hydroxyl groups is 1. The fourth-order valence-corrected chi connectivity index (χ4v) is 2.03. The monoisotopic (exact) mass is 266 g/mol. The number of nitrogens with one attached hydrogen (secondary N) is 1. The van der Waals surface area contributed by atoms with Crippen LogP contribution >= 0.6 is 11.6 Å². The van der Waals surface area contributed by atoms with Gasteiger partial charge >= 0.3 is 0 Å². The van der Waals surface area contributed by atoms with Gasteiger partial charge in [0.2, 0.25) is 0 Å². The van der Waals surface area contributed by atoms with Crippen molar-refractivity contribution in [1.29, 1.82) is 0 Å². The molecule has 18 heavy (non-hydrogen) atoms. The summed E-state index contributed by atoms with van der Waals surface area (Å²) < 4.78 is 5.08. The molecular weight excluding hydrogens is 252 g/mol. The Morgan fingerprint density at radius 1 is 1.28 bits per heavy atom. The van der Waals surface area contributed by atoms with Crippen LogP contribution in [0.3, 0.4) is 0 Å². The minimum Gasteiger partial charge on any atom is -0.508 e. The average Bonchev–Trinajstić information content (AvgIpc) is 2.64. The highest BCUT2D eigenvalue weighted by molar-refractivity contribution is 6.31. The first-order chi connectivity index (χ1) is 8.59. The third kappa shape index (κ3) is 2.66.